The second-order valence-electron chi connectivity index (χ2n) is 28.2. The summed E-state index contributed by atoms with van der Waals surface area (Å²) in [6.07, 6.45) is 10.1. The van der Waals surface area contributed by atoms with Crippen molar-refractivity contribution in [2.24, 2.45) is 0 Å². The molecule has 0 bridgehead atoms. The maximum atomic E-state index is 12.7. The predicted molar refractivity (Wildman–Crippen MR) is 521 cm³/mol. The van der Waals surface area contributed by atoms with Crippen LogP contribution in [0.1, 0.15) is 49.7 Å². The Kier molecular flexibility index (Phi) is 39.1. The van der Waals surface area contributed by atoms with E-state index in [0.29, 0.717) is 99.9 Å². The van der Waals surface area contributed by atoms with Crippen LogP contribution in [0, 0.1) is 13.1 Å². The number of benzene rings is 11. The zero-order chi connectivity index (χ0) is 92.9. The SMILES string of the molecule is COc1cc(-c2cnc3c(c2)CC(=O)C3)cc(OC)c1OC.COc1cc(B(O)O)cc(OC)c1OC.O=C1Cc2cc(Br)cnc2C1.[C-]#[N+]c1ccc(C=C2C(=O)Cc3ncc(-c4cc(OC)c(OC)c(OC)c4)cc32)cc1.[C-]#[N+]c1ccc(C=O)cc1.[Cl][Pd][Cl].c1ccc(P(c2ccccc2)c2ccccc2)cc1.c1ccc(P(c2ccccc2)c2ccccc2)cc1. The zero-order valence-electron chi connectivity index (χ0n) is 72.4. The number of carbonyl (C=O) groups is 4. The van der Waals surface area contributed by atoms with Gasteiger partial charge >= 0.3 is 42.1 Å². The van der Waals surface area contributed by atoms with E-state index in [9.17, 15) is 19.2 Å². The zero-order valence-corrected chi connectivity index (χ0v) is 78.9. The van der Waals surface area contributed by atoms with Crippen molar-refractivity contribution < 1.29 is 87.8 Å². The molecule has 0 amide bonds. The Morgan fingerprint density at radius 3 is 1.01 bits per heavy atom. The molecule has 27 heteroatoms. The smallest absolute Gasteiger partial charge is 0.0134 e. The molecule has 130 heavy (non-hydrogen) atoms. The van der Waals surface area contributed by atoms with Crippen LogP contribution in [-0.2, 0) is 62.4 Å². The summed E-state index contributed by atoms with van der Waals surface area (Å²) in [4.78, 5) is 65.0. The molecule has 11 aromatic carbocycles. The number of carbonyl (C=O) groups excluding carboxylic acids is 4. The fraction of sp³-hybridized carbons (Fsp3) is 0.136. The van der Waals surface area contributed by atoms with Crippen LogP contribution >= 0.6 is 50.8 Å². The summed E-state index contributed by atoms with van der Waals surface area (Å²) in [5.41, 5.74) is 12.4. The monoisotopic (exact) mass is 1970 g/mol. The molecule has 0 saturated heterocycles. The molecular weight excluding hydrogens is 1880 g/mol. The molecule has 14 aromatic rings. The van der Waals surface area contributed by atoms with Gasteiger partial charge in [0.1, 0.15) is 17.9 Å². The van der Waals surface area contributed by atoms with Crippen molar-refractivity contribution in [1.82, 2.24) is 15.0 Å². The number of fused-ring (bicyclic) bond motifs is 3. The van der Waals surface area contributed by atoms with Crippen LogP contribution in [0.3, 0.4) is 0 Å². The van der Waals surface area contributed by atoms with Gasteiger partial charge in [-0.25, -0.2) is 9.69 Å². The normalized spacial score (nSPS) is 11.7. The average Bonchev–Trinajstić information content (AvgIpc) is 1.70. The van der Waals surface area contributed by atoms with E-state index in [1.807, 2.05) is 60.7 Å². The molecule has 2 N–H and O–H groups in total. The van der Waals surface area contributed by atoms with Crippen LogP contribution in [-0.4, -0.2) is 120 Å². The summed E-state index contributed by atoms with van der Waals surface area (Å²) in [7, 11) is 21.0. The van der Waals surface area contributed by atoms with Gasteiger partial charge in [0, 0.05) is 76.6 Å². The van der Waals surface area contributed by atoms with Gasteiger partial charge in [-0.1, -0.05) is 231 Å². The molecule has 0 unspecified atom stereocenters. The second-order valence-corrected chi connectivity index (χ2v) is 35.9. The van der Waals surface area contributed by atoms with Crippen molar-refractivity contribution in [3.05, 3.63) is 376 Å². The van der Waals surface area contributed by atoms with Crippen LogP contribution in [0.25, 0.3) is 43.6 Å². The summed E-state index contributed by atoms with van der Waals surface area (Å²) < 4.78 is 48.5. The molecule has 0 atom stereocenters. The van der Waals surface area contributed by atoms with Crippen LogP contribution in [0.2, 0.25) is 0 Å². The number of Topliss-reactive ketones (excluding diaryl/α,β-unsaturated/α-hetero) is 3. The topological polar surface area (TPSA) is 239 Å². The van der Waals surface area contributed by atoms with E-state index in [0.717, 1.165) is 72.3 Å². The van der Waals surface area contributed by atoms with Crippen LogP contribution in [0.4, 0.5) is 11.4 Å². The van der Waals surface area contributed by atoms with E-state index in [4.69, 9.17) is 84.9 Å². The summed E-state index contributed by atoms with van der Waals surface area (Å²) in [5.74, 6) is 5.05. The Morgan fingerprint density at radius 2 is 0.692 bits per heavy atom. The van der Waals surface area contributed by atoms with E-state index >= 15 is 0 Å². The third kappa shape index (κ3) is 27.3. The van der Waals surface area contributed by atoms with Gasteiger partial charge in [-0.3, -0.25) is 34.1 Å². The van der Waals surface area contributed by atoms with Gasteiger partial charge in [0.05, 0.1) is 101 Å². The summed E-state index contributed by atoms with van der Waals surface area (Å²) >= 11 is 3.21. The number of rotatable bonds is 20. The van der Waals surface area contributed by atoms with Gasteiger partial charge in [0.15, 0.2) is 51.7 Å². The summed E-state index contributed by atoms with van der Waals surface area (Å²) in [6.45, 7) is 13.7. The van der Waals surface area contributed by atoms with Crippen molar-refractivity contribution in [2.45, 2.75) is 32.1 Å². The Balaban J connectivity index is 0.000000161. The van der Waals surface area contributed by atoms with Gasteiger partial charge in [-0.05, 0) is 158 Å². The molecule has 3 aliphatic rings. The molecule has 0 spiro atoms. The molecular formula is C103H91BBrCl2N5O15P2Pd. The quantitative estimate of drug-likeness (QED) is 0.0237. The first kappa shape index (κ1) is 99.2. The number of aldehydes is 1. The minimum Gasteiger partial charge on any atom is -0.0622 e. The molecule has 17 rings (SSSR count). The number of pyridine rings is 3. The van der Waals surface area contributed by atoms with Crippen LogP contribution in [0.15, 0.2) is 308 Å². The fourth-order valence-electron chi connectivity index (χ4n) is 13.9. The number of nitrogens with zero attached hydrogens (tertiary/aromatic N) is 5. The first-order chi connectivity index (χ1) is 63.3. The Labute approximate surface area is 784 Å². The first-order valence-electron chi connectivity index (χ1n) is 40.1. The molecule has 3 aliphatic carbocycles. The number of methoxy groups -OCH3 is 9. The molecule has 0 aliphatic heterocycles. The molecule has 3 heterocycles. The third-order valence-electron chi connectivity index (χ3n) is 20.0. The predicted octanol–water partition coefficient (Wildman–Crippen LogP) is 18.7. The Hall–Kier alpha value is -13.0. The average molecular weight is 1970 g/mol. The summed E-state index contributed by atoms with van der Waals surface area (Å²) in [5, 5.41) is 26.5. The standard InChI is InChI=1S/C25H20N2O4.2C18H15P.C17H17NO4.C9H13BO5.C8H6BrNO.C8H5NO.2ClH.Pd/c1-26-18-7-5-15(6-8-18)9-20-19-10-17(14-27-21(19)13-22(20)28)16-11-23(29-2)25(31-4)24(12-16)30-3;2*1-4-10-16(11-5-1)19(17-12-6-2-7-13-17)18-14-8-3-9-15-18;1-20-15-6-10(7-16(21-2)17(15)22-3)12-4-11-5-13(19)8-14(11)18-9-12;1-13-7-4-6(10(11)12)5-8(14-2)9(7)15-3;9-6-1-5-2-7(11)3-8(5)10-4-6;1-9-8-4-2-7(6-10)3-5-8;;;/h5-12,14H,13H2,2-4H3;2*1-15H;4,6-7,9H,5,8H2,1-3H3;4-5,11-12H,1-3H3;1,4H,2-3H2;2-6H;2*1H;/q;;;;;;;;;+2/p-2. The summed E-state index contributed by atoms with van der Waals surface area (Å²) in [6, 6.07) is 94.7. The second kappa shape index (κ2) is 51.3. The fourth-order valence-corrected chi connectivity index (χ4v) is 18.9. The van der Waals surface area contributed by atoms with Crippen LogP contribution in [0.5, 0.6) is 51.7 Å². The number of aromatic nitrogens is 3. The van der Waals surface area contributed by atoms with Gasteiger partial charge in [-0.15, -0.1) is 0 Å². The van der Waals surface area contributed by atoms with Crippen molar-refractivity contribution in [1.29, 1.82) is 0 Å². The maximum absolute atomic E-state index is 12.7. The van der Waals surface area contributed by atoms with E-state index in [1.165, 1.54) is 65.3 Å². The number of ketones is 3. The van der Waals surface area contributed by atoms with Crippen LogP contribution < -0.4 is 79.9 Å². The number of ether oxygens (including phenoxy) is 9. The molecule has 3 aromatic heterocycles. The van der Waals surface area contributed by atoms with Crippen molar-refractivity contribution in [3.8, 4) is 74.0 Å². The van der Waals surface area contributed by atoms with E-state index in [1.54, 1.807) is 97.6 Å². The molecule has 0 fully saturated rings. The van der Waals surface area contributed by atoms with Gasteiger partial charge in [0.2, 0.25) is 17.2 Å². The Morgan fingerprint density at radius 1 is 0.385 bits per heavy atom. The molecule has 0 saturated carbocycles. The van der Waals surface area contributed by atoms with E-state index in [-0.39, 0.29) is 45.2 Å². The van der Waals surface area contributed by atoms with E-state index in [2.05, 4.69) is 223 Å². The van der Waals surface area contributed by atoms with Gasteiger partial charge < -0.3 is 52.7 Å². The van der Waals surface area contributed by atoms with E-state index < -0.39 is 23.0 Å². The van der Waals surface area contributed by atoms with Gasteiger partial charge in [0.25, 0.3) is 0 Å². The van der Waals surface area contributed by atoms with Crippen molar-refractivity contribution in [3.63, 3.8) is 0 Å². The molecule has 662 valence electrons. The molecule has 20 nitrogen and oxygen atoms in total. The minimum absolute atomic E-state index is 0.0267. The number of halogens is 3. The largest absolute Gasteiger partial charge is 0.0622 e. The number of hydrogen-bond donors (Lipinski definition) is 2. The minimum atomic E-state index is -1.57. The van der Waals surface area contributed by atoms with Crippen molar-refractivity contribution in [2.75, 3.05) is 64.0 Å². The first-order valence-corrected chi connectivity index (χ1v) is 47.6. The maximum Gasteiger partial charge on any atom is -0.0134 e. The number of hydrogen-bond acceptors (Lipinski definition) is 18. The number of allylic oxidation sites excluding steroid dienone is 1. The third-order valence-corrected chi connectivity index (χ3v) is 25.4. The van der Waals surface area contributed by atoms with Gasteiger partial charge in [-0.2, -0.15) is 0 Å². The molecule has 0 radical (unpaired) electrons. The Bertz CT molecular complexity index is 5860. The van der Waals surface area contributed by atoms with Crippen molar-refractivity contribution >= 4 is 142 Å².